The van der Waals surface area contributed by atoms with Crippen LogP contribution in [0.15, 0.2) is 24.3 Å². The summed E-state index contributed by atoms with van der Waals surface area (Å²) in [6.45, 7) is 2.30. The van der Waals surface area contributed by atoms with E-state index in [9.17, 15) is 4.79 Å². The van der Waals surface area contributed by atoms with Crippen LogP contribution < -0.4 is 0 Å². The maximum Gasteiger partial charge on any atom is 0.191 e. The molecule has 1 heterocycles. The van der Waals surface area contributed by atoms with E-state index < -0.39 is 0 Å². The fourth-order valence-electron chi connectivity index (χ4n) is 1.26. The Hall–Kier alpha value is -1.15. The molecule has 2 heteroatoms. The van der Waals surface area contributed by atoms with Gasteiger partial charge >= 0.3 is 0 Å². The van der Waals surface area contributed by atoms with E-state index in [4.69, 9.17) is 4.74 Å². The zero-order chi connectivity index (χ0) is 8.55. The fourth-order valence-corrected chi connectivity index (χ4v) is 1.26. The molecular formula is C10H10O2. The predicted molar refractivity (Wildman–Crippen MR) is 44.9 cm³/mol. The Balaban J connectivity index is 2.23. The van der Waals surface area contributed by atoms with Gasteiger partial charge in [0.15, 0.2) is 5.78 Å². The molecule has 1 aliphatic heterocycles. The Morgan fingerprint density at radius 3 is 2.42 bits per heavy atom. The summed E-state index contributed by atoms with van der Waals surface area (Å²) in [5.41, 5.74) is 2.17. The zero-order valence-electron chi connectivity index (χ0n) is 6.91. The average molecular weight is 162 g/mol. The van der Waals surface area contributed by atoms with Crippen LogP contribution in [0, 0.1) is 6.92 Å². The molecule has 62 valence electrons. The number of ketones is 1. The van der Waals surface area contributed by atoms with Gasteiger partial charge in [0.25, 0.3) is 0 Å². The summed E-state index contributed by atoms with van der Waals surface area (Å²) in [5.74, 6) is 0.179. The van der Waals surface area contributed by atoms with Crippen molar-refractivity contribution in [1.29, 1.82) is 0 Å². The Morgan fingerprint density at radius 1 is 1.33 bits per heavy atom. The number of carbonyl (C=O) groups is 1. The van der Waals surface area contributed by atoms with Gasteiger partial charge in [0.1, 0.15) is 12.7 Å². The van der Waals surface area contributed by atoms with Crippen LogP contribution in [0.1, 0.15) is 17.2 Å². The van der Waals surface area contributed by atoms with Crippen molar-refractivity contribution in [2.75, 3.05) is 6.61 Å². The van der Waals surface area contributed by atoms with Gasteiger partial charge in [0, 0.05) is 0 Å². The van der Waals surface area contributed by atoms with Gasteiger partial charge in [0.2, 0.25) is 0 Å². The summed E-state index contributed by atoms with van der Waals surface area (Å²) in [5, 5.41) is 0. The van der Waals surface area contributed by atoms with Crippen molar-refractivity contribution in [3.63, 3.8) is 0 Å². The smallest absolute Gasteiger partial charge is 0.191 e. The minimum absolute atomic E-state index is 0.179. The van der Waals surface area contributed by atoms with Crippen molar-refractivity contribution in [3.05, 3.63) is 35.4 Å². The largest absolute Gasteiger partial charge is 0.358 e. The second kappa shape index (κ2) is 2.72. The van der Waals surface area contributed by atoms with Crippen LogP contribution in [-0.2, 0) is 9.53 Å². The molecular weight excluding hydrogens is 152 g/mol. The second-order valence-electron chi connectivity index (χ2n) is 3.07. The van der Waals surface area contributed by atoms with E-state index in [1.807, 2.05) is 31.2 Å². The van der Waals surface area contributed by atoms with E-state index in [1.54, 1.807) is 0 Å². The van der Waals surface area contributed by atoms with Crippen molar-refractivity contribution in [2.24, 2.45) is 0 Å². The molecule has 12 heavy (non-hydrogen) atoms. The Bertz CT molecular complexity index is 300. The Kier molecular flexibility index (Phi) is 1.70. The molecule has 1 aromatic carbocycles. The summed E-state index contributed by atoms with van der Waals surface area (Å²) in [7, 11) is 0. The van der Waals surface area contributed by atoms with Crippen molar-refractivity contribution < 1.29 is 9.53 Å². The Morgan fingerprint density at radius 2 is 2.00 bits per heavy atom. The zero-order valence-corrected chi connectivity index (χ0v) is 6.91. The molecule has 1 saturated heterocycles. The Labute approximate surface area is 71.2 Å². The van der Waals surface area contributed by atoms with Crippen LogP contribution in [-0.4, -0.2) is 12.4 Å². The van der Waals surface area contributed by atoms with E-state index in [1.165, 1.54) is 5.56 Å². The molecule has 0 amide bonds. The highest BCUT2D eigenvalue weighted by atomic mass is 16.5. The molecule has 0 saturated carbocycles. The third-order valence-electron chi connectivity index (χ3n) is 2.06. The SMILES string of the molecule is Cc1ccc(C2OCC2=O)cc1. The van der Waals surface area contributed by atoms with Gasteiger partial charge in [-0.1, -0.05) is 29.8 Å². The molecule has 2 nitrogen and oxygen atoms in total. The first-order chi connectivity index (χ1) is 5.77. The number of rotatable bonds is 1. The summed E-state index contributed by atoms with van der Waals surface area (Å²) in [6.07, 6.45) is -0.286. The first-order valence-corrected chi connectivity index (χ1v) is 3.98. The molecule has 1 aliphatic rings. The third kappa shape index (κ3) is 1.14. The fraction of sp³-hybridized carbons (Fsp3) is 0.300. The minimum Gasteiger partial charge on any atom is -0.358 e. The first kappa shape index (κ1) is 7.50. The molecule has 1 unspecified atom stereocenters. The van der Waals surface area contributed by atoms with Gasteiger partial charge in [-0.25, -0.2) is 0 Å². The molecule has 1 fully saturated rings. The van der Waals surface area contributed by atoms with E-state index in [-0.39, 0.29) is 18.5 Å². The average Bonchev–Trinajstić information content (AvgIpc) is 2.06. The van der Waals surface area contributed by atoms with Gasteiger partial charge in [-0.3, -0.25) is 4.79 Å². The topological polar surface area (TPSA) is 26.3 Å². The maximum absolute atomic E-state index is 11.0. The van der Waals surface area contributed by atoms with Crippen LogP contribution >= 0.6 is 0 Å². The van der Waals surface area contributed by atoms with Gasteiger partial charge in [-0.2, -0.15) is 0 Å². The molecule has 0 aliphatic carbocycles. The van der Waals surface area contributed by atoms with Crippen LogP contribution in [0.5, 0.6) is 0 Å². The highest BCUT2D eigenvalue weighted by molar-refractivity contribution is 5.89. The van der Waals surface area contributed by atoms with Crippen LogP contribution in [0.4, 0.5) is 0 Å². The lowest BCUT2D eigenvalue weighted by molar-refractivity contribution is -0.155. The molecule has 2 rings (SSSR count). The molecule has 0 N–H and O–H groups in total. The number of benzene rings is 1. The summed E-state index contributed by atoms with van der Waals surface area (Å²) in [6, 6.07) is 7.86. The summed E-state index contributed by atoms with van der Waals surface area (Å²) in [4.78, 5) is 11.0. The predicted octanol–water partition coefficient (Wildman–Crippen LogP) is 1.64. The van der Waals surface area contributed by atoms with Crippen molar-refractivity contribution in [3.8, 4) is 0 Å². The first-order valence-electron chi connectivity index (χ1n) is 3.98. The minimum atomic E-state index is -0.286. The quantitative estimate of drug-likeness (QED) is 0.627. The second-order valence-corrected chi connectivity index (χ2v) is 3.07. The monoisotopic (exact) mass is 162 g/mol. The van der Waals surface area contributed by atoms with E-state index in [0.717, 1.165) is 5.56 Å². The third-order valence-corrected chi connectivity index (χ3v) is 2.06. The maximum atomic E-state index is 11.0. The van der Waals surface area contributed by atoms with Gasteiger partial charge in [-0.15, -0.1) is 0 Å². The molecule has 0 spiro atoms. The summed E-state index contributed by atoms with van der Waals surface area (Å²) < 4.78 is 5.12. The lowest BCUT2D eigenvalue weighted by Gasteiger charge is -2.24. The number of carbonyl (C=O) groups excluding carboxylic acids is 1. The lowest BCUT2D eigenvalue weighted by Crippen LogP contribution is -2.32. The normalized spacial score (nSPS) is 22.1. The van der Waals surface area contributed by atoms with E-state index in [2.05, 4.69) is 0 Å². The van der Waals surface area contributed by atoms with Crippen molar-refractivity contribution in [1.82, 2.24) is 0 Å². The van der Waals surface area contributed by atoms with Crippen molar-refractivity contribution in [2.45, 2.75) is 13.0 Å². The molecule has 0 aromatic heterocycles. The number of ether oxygens (including phenoxy) is 1. The van der Waals surface area contributed by atoms with Crippen LogP contribution in [0.2, 0.25) is 0 Å². The molecule has 1 aromatic rings. The highest BCUT2D eigenvalue weighted by Gasteiger charge is 2.30. The van der Waals surface area contributed by atoms with Crippen LogP contribution in [0.3, 0.4) is 0 Å². The highest BCUT2D eigenvalue weighted by Crippen LogP contribution is 2.25. The lowest BCUT2D eigenvalue weighted by atomic mass is 10.0. The molecule has 1 atom stereocenters. The summed E-state index contributed by atoms with van der Waals surface area (Å²) >= 11 is 0. The number of hydrogen-bond acceptors (Lipinski definition) is 2. The van der Waals surface area contributed by atoms with Crippen molar-refractivity contribution >= 4 is 5.78 Å². The van der Waals surface area contributed by atoms with Gasteiger partial charge < -0.3 is 4.74 Å². The van der Waals surface area contributed by atoms with Gasteiger partial charge in [-0.05, 0) is 12.5 Å². The van der Waals surface area contributed by atoms with Gasteiger partial charge in [0.05, 0.1) is 0 Å². The number of hydrogen-bond donors (Lipinski definition) is 0. The van der Waals surface area contributed by atoms with Crippen LogP contribution in [0.25, 0.3) is 0 Å². The molecule has 0 bridgehead atoms. The molecule has 0 radical (unpaired) electrons. The number of aryl methyl sites for hydroxylation is 1. The standard InChI is InChI=1S/C10H10O2/c1-7-2-4-8(5-3-7)10-9(11)6-12-10/h2-5,10H,6H2,1H3. The van der Waals surface area contributed by atoms with E-state index >= 15 is 0 Å². The van der Waals surface area contributed by atoms with E-state index in [0.29, 0.717) is 0 Å². The number of Topliss-reactive ketones (excluding diaryl/α,β-unsaturated/α-hetero) is 1.